The standard InChI is InChI=1S/C15H31N2O5PSi/c1-11(10-22-24(8,9)15(3,4)5)12(2)13(18)14(17-16)23(19,20-6)21-7/h11-12H,10H2,1-9H3. The number of ketones is 1. The molecule has 0 aromatic heterocycles. The van der Waals surface area contributed by atoms with Crippen LogP contribution >= 0.6 is 7.60 Å². The second-order valence-corrected chi connectivity index (χ2v) is 14.4. The summed E-state index contributed by atoms with van der Waals surface area (Å²) in [5.74, 6) is -1.28. The molecule has 140 valence electrons. The van der Waals surface area contributed by atoms with E-state index in [1.807, 2.05) is 6.92 Å². The van der Waals surface area contributed by atoms with E-state index in [0.29, 0.717) is 6.61 Å². The molecule has 0 spiro atoms. The minimum absolute atomic E-state index is 0.0689. The minimum Gasteiger partial charge on any atom is -0.417 e. The molecular weight excluding hydrogens is 347 g/mol. The summed E-state index contributed by atoms with van der Waals surface area (Å²) in [6.45, 7) is 14.6. The van der Waals surface area contributed by atoms with E-state index in [4.69, 9.17) is 19.0 Å². The zero-order valence-electron chi connectivity index (χ0n) is 16.2. The normalized spacial score (nSPS) is 15.5. The Hall–Kier alpha value is -0.623. The first kappa shape index (κ1) is 23.4. The monoisotopic (exact) mass is 378 g/mol. The smallest absolute Gasteiger partial charge is 0.417 e. The Morgan fingerprint density at radius 3 is 2.00 bits per heavy atom. The van der Waals surface area contributed by atoms with E-state index in [9.17, 15) is 9.36 Å². The maximum absolute atomic E-state index is 12.5. The maximum atomic E-state index is 12.5. The van der Waals surface area contributed by atoms with Gasteiger partial charge in [0.25, 0.3) is 5.78 Å². The lowest BCUT2D eigenvalue weighted by atomic mass is 9.93. The highest BCUT2D eigenvalue weighted by atomic mass is 31.2. The molecular formula is C15H31N2O5PSi. The molecule has 0 aromatic carbocycles. The molecule has 0 fully saturated rings. The van der Waals surface area contributed by atoms with Crippen molar-refractivity contribution in [1.82, 2.24) is 0 Å². The summed E-state index contributed by atoms with van der Waals surface area (Å²) >= 11 is 0. The lowest BCUT2D eigenvalue weighted by molar-refractivity contribution is -0.121. The van der Waals surface area contributed by atoms with Crippen LogP contribution < -0.4 is 0 Å². The predicted molar refractivity (Wildman–Crippen MR) is 96.7 cm³/mol. The lowest BCUT2D eigenvalue weighted by Crippen LogP contribution is -2.42. The van der Waals surface area contributed by atoms with E-state index < -0.39 is 33.1 Å². The molecule has 7 nitrogen and oxygen atoms in total. The number of rotatable bonds is 9. The Balaban J connectivity index is 5.15. The second kappa shape index (κ2) is 8.65. The van der Waals surface area contributed by atoms with Crippen molar-refractivity contribution in [1.29, 1.82) is 0 Å². The molecule has 0 aliphatic rings. The van der Waals surface area contributed by atoms with Gasteiger partial charge in [0, 0.05) is 26.7 Å². The number of Topliss-reactive ketones (excluding diaryl/α,β-unsaturated/α-hetero) is 1. The highest BCUT2D eigenvalue weighted by Crippen LogP contribution is 2.48. The zero-order valence-corrected chi connectivity index (χ0v) is 18.1. The second-order valence-electron chi connectivity index (χ2n) is 7.49. The van der Waals surface area contributed by atoms with Crippen molar-refractivity contribution in [2.45, 2.75) is 52.8 Å². The number of nitrogens with zero attached hydrogens (tertiary/aromatic N) is 2. The molecule has 0 bridgehead atoms. The van der Waals surface area contributed by atoms with E-state index in [1.165, 1.54) is 0 Å². The van der Waals surface area contributed by atoms with Crippen molar-refractivity contribution in [3.05, 3.63) is 5.53 Å². The van der Waals surface area contributed by atoms with Crippen LogP contribution in [0.3, 0.4) is 0 Å². The molecule has 0 aliphatic heterocycles. The zero-order chi connectivity index (χ0) is 19.3. The van der Waals surface area contributed by atoms with Gasteiger partial charge in [0.05, 0.1) is 0 Å². The molecule has 2 atom stereocenters. The van der Waals surface area contributed by atoms with Crippen LogP contribution in [0.1, 0.15) is 34.6 Å². The highest BCUT2D eigenvalue weighted by Gasteiger charge is 2.47. The molecule has 0 rings (SSSR count). The molecule has 2 unspecified atom stereocenters. The fourth-order valence-electron chi connectivity index (χ4n) is 1.65. The van der Waals surface area contributed by atoms with Crippen molar-refractivity contribution in [3.63, 3.8) is 0 Å². The van der Waals surface area contributed by atoms with Gasteiger partial charge in [0.2, 0.25) is 0 Å². The van der Waals surface area contributed by atoms with Gasteiger partial charge in [-0.25, -0.2) is 4.57 Å². The minimum atomic E-state index is -3.90. The van der Waals surface area contributed by atoms with Gasteiger partial charge in [-0.15, -0.1) is 0 Å². The summed E-state index contributed by atoms with van der Waals surface area (Å²) in [4.78, 5) is 15.4. The number of hydrogen-bond acceptors (Lipinski definition) is 5. The summed E-state index contributed by atoms with van der Waals surface area (Å²) in [5.41, 5.74) is 8.52. The first-order valence-electron chi connectivity index (χ1n) is 7.89. The summed E-state index contributed by atoms with van der Waals surface area (Å²) in [6.07, 6.45) is 0. The molecule has 0 saturated heterocycles. The van der Waals surface area contributed by atoms with Gasteiger partial charge in [0.1, 0.15) is 0 Å². The van der Waals surface area contributed by atoms with Crippen LogP contribution in [0.2, 0.25) is 18.1 Å². The first-order valence-corrected chi connectivity index (χ1v) is 12.3. The molecule has 24 heavy (non-hydrogen) atoms. The lowest BCUT2D eigenvalue weighted by Gasteiger charge is -2.37. The van der Waals surface area contributed by atoms with E-state index >= 15 is 0 Å². The molecule has 0 aromatic rings. The quantitative estimate of drug-likeness (QED) is 0.199. The average molecular weight is 378 g/mol. The van der Waals surface area contributed by atoms with Crippen molar-refractivity contribution < 1.29 is 27.6 Å². The van der Waals surface area contributed by atoms with Gasteiger partial charge in [-0.1, -0.05) is 34.6 Å². The molecule has 0 saturated carbocycles. The third kappa shape index (κ3) is 5.44. The Labute approximate surface area is 146 Å². The van der Waals surface area contributed by atoms with Gasteiger partial charge < -0.3 is 19.0 Å². The molecule has 0 N–H and O–H groups in total. The van der Waals surface area contributed by atoms with Gasteiger partial charge in [-0.05, 0) is 24.1 Å². The Morgan fingerprint density at radius 2 is 1.67 bits per heavy atom. The van der Waals surface area contributed by atoms with E-state index in [-0.39, 0.29) is 11.0 Å². The van der Waals surface area contributed by atoms with Gasteiger partial charge in [-0.2, -0.15) is 4.79 Å². The van der Waals surface area contributed by atoms with Crippen LogP contribution in [-0.2, 0) is 22.8 Å². The summed E-state index contributed by atoms with van der Waals surface area (Å²) in [5, 5.41) is 0.0689. The predicted octanol–water partition coefficient (Wildman–Crippen LogP) is 3.96. The van der Waals surface area contributed by atoms with Crippen molar-refractivity contribution >= 4 is 27.1 Å². The van der Waals surface area contributed by atoms with Crippen LogP contribution in [0.5, 0.6) is 0 Å². The summed E-state index contributed by atoms with van der Waals surface area (Å²) in [6, 6.07) is 0. The van der Waals surface area contributed by atoms with Crippen LogP contribution in [0, 0.1) is 11.8 Å². The highest BCUT2D eigenvalue weighted by molar-refractivity contribution is 7.74. The van der Waals surface area contributed by atoms with Crippen LogP contribution in [0.15, 0.2) is 0 Å². The molecule has 0 radical (unpaired) electrons. The van der Waals surface area contributed by atoms with Crippen molar-refractivity contribution in [3.8, 4) is 0 Å². The Bertz CT molecular complexity index is 545. The fraction of sp³-hybridized carbons (Fsp3) is 0.867. The third-order valence-corrected chi connectivity index (χ3v) is 11.1. The maximum Gasteiger partial charge on any atom is 0.446 e. The fourth-order valence-corrected chi connectivity index (χ4v) is 3.84. The molecule has 0 amide bonds. The van der Waals surface area contributed by atoms with Crippen LogP contribution in [0.25, 0.3) is 5.53 Å². The van der Waals surface area contributed by atoms with Crippen LogP contribution in [0.4, 0.5) is 0 Å². The van der Waals surface area contributed by atoms with Crippen molar-refractivity contribution in [2.24, 2.45) is 11.8 Å². The molecule has 9 heteroatoms. The average Bonchev–Trinajstić information content (AvgIpc) is 2.50. The van der Waals surface area contributed by atoms with Crippen molar-refractivity contribution in [2.75, 3.05) is 20.8 Å². The van der Waals surface area contributed by atoms with E-state index in [1.54, 1.807) is 6.92 Å². The van der Waals surface area contributed by atoms with Gasteiger partial charge in [0.15, 0.2) is 8.32 Å². The number of hydrogen-bond donors (Lipinski definition) is 0. The number of carbonyl (C=O) groups is 1. The molecule has 0 aliphatic carbocycles. The summed E-state index contributed by atoms with van der Waals surface area (Å²) in [7, 11) is -3.56. The Kier molecular flexibility index (Phi) is 8.43. The first-order chi connectivity index (χ1) is 10.8. The third-order valence-electron chi connectivity index (χ3n) is 4.84. The van der Waals surface area contributed by atoms with E-state index in [2.05, 4.69) is 38.7 Å². The van der Waals surface area contributed by atoms with Gasteiger partial charge in [-0.3, -0.25) is 4.79 Å². The molecule has 0 heterocycles. The van der Waals surface area contributed by atoms with Gasteiger partial charge >= 0.3 is 13.0 Å². The Morgan fingerprint density at radius 1 is 1.21 bits per heavy atom. The largest absolute Gasteiger partial charge is 0.446 e. The topological polar surface area (TPSA) is 98.2 Å². The summed E-state index contributed by atoms with van der Waals surface area (Å²) < 4.78 is 27.9. The van der Waals surface area contributed by atoms with Crippen LogP contribution in [-0.4, -0.2) is 45.2 Å². The van der Waals surface area contributed by atoms with E-state index in [0.717, 1.165) is 14.2 Å². The number of carbonyl (C=O) groups excluding carboxylic acids is 1. The SMILES string of the molecule is COP(=O)(OC)C(=[N+]=[N-])C(=O)C(C)C(C)CO[Si](C)(C)C(C)(C)C.